The predicted octanol–water partition coefficient (Wildman–Crippen LogP) is 2.01. The molecule has 0 saturated carbocycles. The van der Waals surface area contributed by atoms with Gasteiger partial charge in [0.2, 0.25) is 0 Å². The zero-order valence-corrected chi connectivity index (χ0v) is 11.7. The van der Waals surface area contributed by atoms with Crippen molar-refractivity contribution in [3.05, 3.63) is 41.7 Å². The van der Waals surface area contributed by atoms with Crippen molar-refractivity contribution in [2.45, 2.75) is 10.6 Å². The van der Waals surface area contributed by atoms with Gasteiger partial charge in [0.15, 0.2) is 0 Å². The van der Waals surface area contributed by atoms with Crippen molar-refractivity contribution in [2.75, 3.05) is 7.11 Å². The summed E-state index contributed by atoms with van der Waals surface area (Å²) in [6.45, 7) is 0. The van der Waals surface area contributed by atoms with Gasteiger partial charge in [-0.15, -0.1) is 11.8 Å². The number of hydrogen-bond donors (Lipinski definition) is 2. The van der Waals surface area contributed by atoms with Crippen LogP contribution >= 0.6 is 11.8 Å². The van der Waals surface area contributed by atoms with Gasteiger partial charge in [-0.05, 0) is 17.7 Å². The van der Waals surface area contributed by atoms with Crippen LogP contribution in [0.2, 0.25) is 0 Å². The number of nitrogens with one attached hydrogen (secondary N) is 1. The maximum Gasteiger partial charge on any atom is 0.130 e. The molecule has 3 N–H and O–H groups in total. The molecule has 1 aromatic heterocycles. The lowest BCUT2D eigenvalue weighted by Gasteiger charge is -2.09. The van der Waals surface area contributed by atoms with Gasteiger partial charge in [0.25, 0.3) is 0 Å². The monoisotopic (exact) mass is 276 g/mol. The summed E-state index contributed by atoms with van der Waals surface area (Å²) in [6, 6.07) is 5.70. The molecule has 0 aliphatic rings. The molecule has 2 aromatic rings. The van der Waals surface area contributed by atoms with Gasteiger partial charge in [-0.3, -0.25) is 10.1 Å². The van der Waals surface area contributed by atoms with E-state index in [0.717, 1.165) is 16.2 Å². The molecule has 19 heavy (non-hydrogen) atoms. The van der Waals surface area contributed by atoms with Gasteiger partial charge in [-0.2, -0.15) is 5.10 Å². The van der Waals surface area contributed by atoms with Crippen LogP contribution in [0.1, 0.15) is 11.1 Å². The molecule has 1 aromatic carbocycles. The second kappa shape index (κ2) is 5.79. The predicted molar refractivity (Wildman–Crippen MR) is 76.8 cm³/mol. The summed E-state index contributed by atoms with van der Waals surface area (Å²) >= 11 is 1.70. The first kappa shape index (κ1) is 13.5. The third kappa shape index (κ3) is 3.29. The number of nitrogens with zero attached hydrogens (tertiary/aromatic N) is 2. The highest BCUT2D eigenvalue weighted by Gasteiger charge is 2.07. The highest BCUT2D eigenvalue weighted by Crippen LogP contribution is 2.26. The maximum absolute atomic E-state index is 7.47. The Morgan fingerprint density at radius 3 is 2.89 bits per heavy atom. The summed E-state index contributed by atoms with van der Waals surface area (Å²) < 4.78 is 7.04. The van der Waals surface area contributed by atoms with E-state index < -0.39 is 0 Å². The minimum absolute atomic E-state index is 0.0170. The lowest BCUT2D eigenvalue weighted by Crippen LogP contribution is -2.12. The van der Waals surface area contributed by atoms with Crippen molar-refractivity contribution in [3.8, 4) is 5.75 Å². The summed E-state index contributed by atoms with van der Waals surface area (Å²) in [7, 11) is 3.48. The second-order valence-electron chi connectivity index (χ2n) is 4.09. The van der Waals surface area contributed by atoms with Crippen LogP contribution < -0.4 is 10.5 Å². The molecule has 0 aliphatic heterocycles. The molecule has 5 nitrogen and oxygen atoms in total. The van der Waals surface area contributed by atoms with E-state index in [4.69, 9.17) is 15.9 Å². The highest BCUT2D eigenvalue weighted by atomic mass is 32.2. The fraction of sp³-hybridized carbons (Fsp3) is 0.231. The molecule has 0 fully saturated rings. The van der Waals surface area contributed by atoms with E-state index >= 15 is 0 Å². The van der Waals surface area contributed by atoms with Crippen LogP contribution in [0.15, 0.2) is 35.5 Å². The molecule has 6 heteroatoms. The smallest absolute Gasteiger partial charge is 0.130 e. The van der Waals surface area contributed by atoms with Gasteiger partial charge in [0, 0.05) is 23.9 Å². The Kier molecular flexibility index (Phi) is 4.11. The van der Waals surface area contributed by atoms with Crippen molar-refractivity contribution in [2.24, 2.45) is 12.8 Å². The number of nitrogen functional groups attached to an aromatic ring is 1. The van der Waals surface area contributed by atoms with E-state index in [1.54, 1.807) is 23.6 Å². The van der Waals surface area contributed by atoms with Crippen molar-refractivity contribution >= 4 is 17.6 Å². The molecule has 0 unspecified atom stereocenters. The summed E-state index contributed by atoms with van der Waals surface area (Å²) in [4.78, 5) is 1.12. The van der Waals surface area contributed by atoms with Crippen LogP contribution in [0, 0.1) is 5.41 Å². The Morgan fingerprint density at radius 1 is 1.53 bits per heavy atom. The van der Waals surface area contributed by atoms with Gasteiger partial charge in [0.1, 0.15) is 11.6 Å². The Morgan fingerprint density at radius 2 is 2.32 bits per heavy atom. The van der Waals surface area contributed by atoms with Crippen LogP contribution in [0.5, 0.6) is 5.75 Å². The molecule has 0 amide bonds. The van der Waals surface area contributed by atoms with E-state index in [9.17, 15) is 0 Å². The number of nitrogens with two attached hydrogens (primary N) is 1. The topological polar surface area (TPSA) is 76.9 Å². The standard InChI is InChI=1S/C13H16N4OS/c1-17-7-10(6-16-17)19-8-9-3-4-11(13(14)15)12(5-9)18-2/h3-7H,8H2,1-2H3,(H3,14,15). The molecule has 0 saturated heterocycles. The quantitative estimate of drug-likeness (QED) is 0.497. The minimum atomic E-state index is 0.0170. The van der Waals surface area contributed by atoms with E-state index in [0.29, 0.717) is 11.3 Å². The molecule has 0 spiro atoms. The van der Waals surface area contributed by atoms with Crippen molar-refractivity contribution in [1.29, 1.82) is 5.41 Å². The number of rotatable bonds is 5. The molecule has 1 heterocycles. The minimum Gasteiger partial charge on any atom is -0.496 e. The summed E-state index contributed by atoms with van der Waals surface area (Å²) in [5.41, 5.74) is 7.24. The molecule has 0 aliphatic carbocycles. The van der Waals surface area contributed by atoms with Crippen LogP contribution in [-0.4, -0.2) is 22.7 Å². The maximum atomic E-state index is 7.47. The van der Waals surface area contributed by atoms with Crippen LogP contribution in [-0.2, 0) is 12.8 Å². The van der Waals surface area contributed by atoms with E-state index in [2.05, 4.69) is 5.10 Å². The second-order valence-corrected chi connectivity index (χ2v) is 5.14. The number of amidine groups is 1. The average molecular weight is 276 g/mol. The zero-order chi connectivity index (χ0) is 13.8. The van der Waals surface area contributed by atoms with Gasteiger partial charge >= 0.3 is 0 Å². The first-order valence-corrected chi connectivity index (χ1v) is 6.71. The van der Waals surface area contributed by atoms with E-state index in [-0.39, 0.29) is 5.84 Å². The molecular formula is C13H16N4OS. The van der Waals surface area contributed by atoms with Gasteiger partial charge in [0.05, 0.1) is 18.9 Å². The SMILES string of the molecule is COc1cc(CSc2cnn(C)c2)ccc1C(=N)N. The number of benzene rings is 1. The van der Waals surface area contributed by atoms with Crippen molar-refractivity contribution < 1.29 is 4.74 Å². The van der Waals surface area contributed by atoms with Crippen molar-refractivity contribution in [1.82, 2.24) is 9.78 Å². The Hall–Kier alpha value is -1.95. The molecule has 0 bridgehead atoms. The molecule has 100 valence electrons. The fourth-order valence-electron chi connectivity index (χ4n) is 1.69. The summed E-state index contributed by atoms with van der Waals surface area (Å²) in [5, 5.41) is 11.6. The number of aryl methyl sites for hydroxylation is 1. The fourth-order valence-corrected chi connectivity index (χ4v) is 2.55. The third-order valence-corrected chi connectivity index (χ3v) is 3.66. The summed E-state index contributed by atoms with van der Waals surface area (Å²) in [5.74, 6) is 1.47. The molecular weight excluding hydrogens is 260 g/mol. The number of aromatic nitrogens is 2. The number of ether oxygens (including phenoxy) is 1. The molecule has 2 rings (SSSR count). The van der Waals surface area contributed by atoms with E-state index in [1.165, 1.54) is 0 Å². The number of hydrogen-bond acceptors (Lipinski definition) is 4. The highest BCUT2D eigenvalue weighted by molar-refractivity contribution is 7.98. The lowest BCUT2D eigenvalue weighted by atomic mass is 10.1. The molecule has 0 radical (unpaired) electrons. The summed E-state index contributed by atoms with van der Waals surface area (Å²) in [6.07, 6.45) is 3.82. The van der Waals surface area contributed by atoms with Gasteiger partial charge in [-0.25, -0.2) is 0 Å². The largest absolute Gasteiger partial charge is 0.496 e. The Balaban J connectivity index is 2.11. The average Bonchev–Trinajstić information content (AvgIpc) is 2.81. The zero-order valence-electron chi connectivity index (χ0n) is 10.9. The third-order valence-electron chi connectivity index (χ3n) is 2.64. The van der Waals surface area contributed by atoms with Gasteiger partial charge in [-0.1, -0.05) is 6.07 Å². The first-order valence-electron chi connectivity index (χ1n) is 5.73. The number of thioether (sulfide) groups is 1. The van der Waals surface area contributed by atoms with Crippen LogP contribution in [0.3, 0.4) is 0 Å². The van der Waals surface area contributed by atoms with Crippen molar-refractivity contribution in [3.63, 3.8) is 0 Å². The van der Waals surface area contributed by atoms with Crippen LogP contribution in [0.4, 0.5) is 0 Å². The molecule has 0 atom stereocenters. The Bertz CT molecular complexity index is 594. The Labute approximate surface area is 116 Å². The normalized spacial score (nSPS) is 10.4. The van der Waals surface area contributed by atoms with Crippen LogP contribution in [0.25, 0.3) is 0 Å². The van der Waals surface area contributed by atoms with Gasteiger partial charge < -0.3 is 10.5 Å². The number of methoxy groups -OCH3 is 1. The van der Waals surface area contributed by atoms with E-state index in [1.807, 2.05) is 37.6 Å². The lowest BCUT2D eigenvalue weighted by molar-refractivity contribution is 0.413. The first-order chi connectivity index (χ1) is 9.10.